The van der Waals surface area contributed by atoms with Gasteiger partial charge in [-0.3, -0.25) is 9.59 Å². The lowest BCUT2D eigenvalue weighted by Crippen LogP contribution is -2.53. The van der Waals surface area contributed by atoms with Crippen molar-refractivity contribution in [1.29, 1.82) is 0 Å². The van der Waals surface area contributed by atoms with Crippen LogP contribution in [0.5, 0.6) is 5.75 Å². The van der Waals surface area contributed by atoms with E-state index in [0.717, 1.165) is 25.9 Å². The normalized spacial score (nSPS) is 23.9. The molecule has 0 saturated carbocycles. The lowest BCUT2D eigenvalue weighted by atomic mass is 10.0. The molecular formula is C20H28N2O5. The summed E-state index contributed by atoms with van der Waals surface area (Å²) in [5.74, 6) is 0.335. The zero-order valence-corrected chi connectivity index (χ0v) is 15.9. The molecule has 148 valence electrons. The summed E-state index contributed by atoms with van der Waals surface area (Å²) >= 11 is 0. The van der Waals surface area contributed by atoms with Crippen LogP contribution in [-0.4, -0.2) is 84.7 Å². The van der Waals surface area contributed by atoms with Gasteiger partial charge in [0.1, 0.15) is 11.4 Å². The molecule has 1 aromatic carbocycles. The van der Waals surface area contributed by atoms with Gasteiger partial charge in [0, 0.05) is 18.7 Å². The van der Waals surface area contributed by atoms with Gasteiger partial charge in [0.05, 0.1) is 19.8 Å². The molecule has 1 aromatic rings. The summed E-state index contributed by atoms with van der Waals surface area (Å²) in [6, 6.07) is 6.71. The summed E-state index contributed by atoms with van der Waals surface area (Å²) in [6.07, 6.45) is 2.30. The van der Waals surface area contributed by atoms with Gasteiger partial charge in [-0.2, -0.15) is 0 Å². The smallest absolute Gasteiger partial charge is 0.260 e. The Balaban J connectivity index is 1.55. The van der Waals surface area contributed by atoms with Crippen molar-refractivity contribution in [2.75, 3.05) is 52.5 Å². The first-order valence-corrected chi connectivity index (χ1v) is 9.49. The van der Waals surface area contributed by atoms with Gasteiger partial charge in [-0.25, -0.2) is 0 Å². The van der Waals surface area contributed by atoms with E-state index in [1.54, 1.807) is 29.2 Å². The molecule has 0 aliphatic carbocycles. The van der Waals surface area contributed by atoms with Crippen LogP contribution in [0.3, 0.4) is 0 Å². The van der Waals surface area contributed by atoms with Crippen LogP contribution < -0.4 is 4.74 Å². The van der Waals surface area contributed by atoms with Gasteiger partial charge in [0.15, 0.2) is 12.4 Å². The van der Waals surface area contributed by atoms with E-state index in [0.29, 0.717) is 31.0 Å². The molecule has 3 rings (SSSR count). The van der Waals surface area contributed by atoms with Crippen LogP contribution in [0.15, 0.2) is 24.3 Å². The molecule has 2 saturated heterocycles. The van der Waals surface area contributed by atoms with E-state index in [1.807, 2.05) is 0 Å². The summed E-state index contributed by atoms with van der Waals surface area (Å²) in [6.45, 7) is 5.20. The molecule has 2 fully saturated rings. The van der Waals surface area contributed by atoms with Gasteiger partial charge in [-0.1, -0.05) is 0 Å². The number of hydrogen-bond donors (Lipinski definition) is 1. The maximum atomic E-state index is 12.6. The van der Waals surface area contributed by atoms with Crippen LogP contribution in [0.4, 0.5) is 0 Å². The number of nitrogens with zero attached hydrogens (tertiary/aromatic N) is 2. The summed E-state index contributed by atoms with van der Waals surface area (Å²) in [4.78, 5) is 27.7. The van der Waals surface area contributed by atoms with Crippen molar-refractivity contribution in [2.24, 2.45) is 0 Å². The fourth-order valence-corrected chi connectivity index (χ4v) is 3.60. The lowest BCUT2D eigenvalue weighted by molar-refractivity contribution is -0.136. The molecule has 2 aliphatic rings. The first-order valence-electron chi connectivity index (χ1n) is 9.49. The molecule has 7 nitrogen and oxygen atoms in total. The van der Waals surface area contributed by atoms with Crippen molar-refractivity contribution in [3.8, 4) is 5.75 Å². The maximum absolute atomic E-state index is 12.6. The largest absolute Gasteiger partial charge is 0.484 e. The highest BCUT2D eigenvalue weighted by Gasteiger charge is 2.36. The number of rotatable bonds is 6. The number of ether oxygens (including phenoxy) is 2. The van der Waals surface area contributed by atoms with Crippen molar-refractivity contribution < 1.29 is 24.2 Å². The molecule has 2 aliphatic heterocycles. The number of Topliss-reactive ketones (excluding diaryl/α,β-unsaturated/α-hetero) is 1. The lowest BCUT2D eigenvalue weighted by Gasteiger charge is -2.33. The Hall–Kier alpha value is -1.96. The van der Waals surface area contributed by atoms with Crippen LogP contribution in [0.1, 0.15) is 30.1 Å². The number of aliphatic hydroxyl groups is 1. The van der Waals surface area contributed by atoms with Gasteiger partial charge in [-0.05, 0) is 57.1 Å². The molecule has 7 heteroatoms. The minimum absolute atomic E-state index is 0.0144. The Morgan fingerprint density at radius 3 is 2.56 bits per heavy atom. The number of amides is 1. The number of likely N-dealkylation sites (tertiary alicyclic amines) is 1. The van der Waals surface area contributed by atoms with E-state index in [2.05, 4.69) is 4.90 Å². The van der Waals surface area contributed by atoms with Crippen molar-refractivity contribution in [2.45, 2.75) is 25.4 Å². The van der Waals surface area contributed by atoms with Gasteiger partial charge >= 0.3 is 0 Å². The van der Waals surface area contributed by atoms with Crippen molar-refractivity contribution in [3.05, 3.63) is 29.8 Å². The zero-order valence-electron chi connectivity index (χ0n) is 15.9. The third-order valence-corrected chi connectivity index (χ3v) is 5.05. The topological polar surface area (TPSA) is 79.3 Å². The standard InChI is InChI=1S/C20H28N2O5/c1-16(23)17-4-6-18(7-5-17)27-12-19(24)22-10-11-26-15-20(25,14-22)13-21-8-2-3-9-21/h4-7,25H,2-3,8-15H2,1H3/t20-/m1/s1. The zero-order chi connectivity index (χ0) is 19.3. The van der Waals surface area contributed by atoms with Gasteiger partial charge in [0.25, 0.3) is 5.91 Å². The molecule has 1 atom stereocenters. The molecule has 1 amide bonds. The van der Waals surface area contributed by atoms with E-state index in [-0.39, 0.29) is 31.4 Å². The monoisotopic (exact) mass is 376 g/mol. The molecule has 2 heterocycles. The Morgan fingerprint density at radius 2 is 1.89 bits per heavy atom. The fraction of sp³-hybridized carbons (Fsp3) is 0.600. The minimum Gasteiger partial charge on any atom is -0.484 e. The van der Waals surface area contributed by atoms with E-state index in [1.165, 1.54) is 6.92 Å². The van der Waals surface area contributed by atoms with E-state index in [9.17, 15) is 14.7 Å². The Labute approximate surface area is 159 Å². The quantitative estimate of drug-likeness (QED) is 0.745. The second-order valence-electron chi connectivity index (χ2n) is 7.44. The van der Waals surface area contributed by atoms with Crippen LogP contribution in [0, 0.1) is 0 Å². The van der Waals surface area contributed by atoms with Gasteiger partial charge in [-0.15, -0.1) is 0 Å². The van der Waals surface area contributed by atoms with Crippen LogP contribution >= 0.6 is 0 Å². The van der Waals surface area contributed by atoms with Crippen molar-refractivity contribution in [1.82, 2.24) is 9.80 Å². The highest BCUT2D eigenvalue weighted by molar-refractivity contribution is 5.94. The van der Waals surface area contributed by atoms with Gasteiger partial charge < -0.3 is 24.4 Å². The second-order valence-corrected chi connectivity index (χ2v) is 7.44. The average Bonchev–Trinajstić information content (AvgIpc) is 3.07. The van der Waals surface area contributed by atoms with Gasteiger partial charge in [0.2, 0.25) is 0 Å². The molecule has 1 N–H and O–H groups in total. The number of β-amino-alcohol motifs (C(OH)–C–C–N with tert-alkyl or cyclic N) is 1. The highest BCUT2D eigenvalue weighted by Crippen LogP contribution is 2.18. The number of benzene rings is 1. The third-order valence-electron chi connectivity index (χ3n) is 5.05. The Kier molecular flexibility index (Phi) is 6.46. The number of carbonyl (C=O) groups is 2. The predicted molar refractivity (Wildman–Crippen MR) is 100.0 cm³/mol. The molecule has 27 heavy (non-hydrogen) atoms. The second kappa shape index (κ2) is 8.82. The summed E-state index contributed by atoms with van der Waals surface area (Å²) in [7, 11) is 0. The van der Waals surface area contributed by atoms with Crippen molar-refractivity contribution in [3.63, 3.8) is 0 Å². The molecule has 0 unspecified atom stereocenters. The number of hydrogen-bond acceptors (Lipinski definition) is 6. The van der Waals surface area contributed by atoms with E-state index >= 15 is 0 Å². The first kappa shape index (κ1) is 19.8. The molecule has 0 radical (unpaired) electrons. The number of ketones is 1. The van der Waals surface area contributed by atoms with Crippen LogP contribution in [0.2, 0.25) is 0 Å². The Morgan fingerprint density at radius 1 is 1.19 bits per heavy atom. The Bertz CT molecular complexity index is 657. The molecule has 0 spiro atoms. The summed E-state index contributed by atoms with van der Waals surface area (Å²) < 4.78 is 11.1. The maximum Gasteiger partial charge on any atom is 0.260 e. The molecular weight excluding hydrogens is 348 g/mol. The van der Waals surface area contributed by atoms with E-state index in [4.69, 9.17) is 9.47 Å². The van der Waals surface area contributed by atoms with Crippen LogP contribution in [0.25, 0.3) is 0 Å². The SMILES string of the molecule is CC(=O)c1ccc(OCC(=O)N2CCOC[C@@](O)(CN3CCCC3)C2)cc1. The summed E-state index contributed by atoms with van der Waals surface area (Å²) in [5, 5.41) is 11.0. The number of carbonyl (C=O) groups excluding carboxylic acids is 2. The molecule has 0 bridgehead atoms. The first-order chi connectivity index (χ1) is 13.0. The van der Waals surface area contributed by atoms with E-state index < -0.39 is 5.60 Å². The van der Waals surface area contributed by atoms with Crippen LogP contribution in [-0.2, 0) is 9.53 Å². The highest BCUT2D eigenvalue weighted by atomic mass is 16.5. The minimum atomic E-state index is -1.06. The van der Waals surface area contributed by atoms with Crippen molar-refractivity contribution >= 4 is 11.7 Å². The third kappa shape index (κ3) is 5.51. The fourth-order valence-electron chi connectivity index (χ4n) is 3.60. The molecule has 0 aromatic heterocycles. The predicted octanol–water partition coefficient (Wildman–Crippen LogP) is 0.954. The average molecular weight is 376 g/mol. The summed E-state index contributed by atoms with van der Waals surface area (Å²) in [5.41, 5.74) is -0.454.